The van der Waals surface area contributed by atoms with Crippen molar-refractivity contribution in [2.45, 2.75) is 35.7 Å². The van der Waals surface area contributed by atoms with E-state index >= 15 is 0 Å². The van der Waals surface area contributed by atoms with Gasteiger partial charge in [-0.3, -0.25) is 4.79 Å². The molecule has 1 aliphatic heterocycles. The molecule has 0 spiro atoms. The molecule has 1 saturated heterocycles. The summed E-state index contributed by atoms with van der Waals surface area (Å²) in [6.07, 6.45) is 4.38. The number of aliphatic hydroxyl groups is 1. The second kappa shape index (κ2) is 10.00. The smallest absolute Gasteiger partial charge is 0.355 e. The number of carbonyl (C=O) groups excluding carboxylic acids is 1. The Morgan fingerprint density at radius 3 is 2.86 bits per heavy atom. The van der Waals surface area contributed by atoms with E-state index in [1.807, 2.05) is 6.08 Å². The Bertz CT molecular complexity index is 885. The fourth-order valence-electron chi connectivity index (χ4n) is 3.09. The normalized spacial score (nSPS) is 17.9. The topological polar surface area (TPSA) is 90.7 Å². The van der Waals surface area contributed by atoms with Crippen molar-refractivity contribution in [3.63, 3.8) is 0 Å². The summed E-state index contributed by atoms with van der Waals surface area (Å²) >= 11 is 2.70. The zero-order valence-corrected chi connectivity index (χ0v) is 17.2. The van der Waals surface area contributed by atoms with Gasteiger partial charge in [-0.15, -0.1) is 11.3 Å². The van der Waals surface area contributed by atoms with E-state index in [9.17, 15) is 19.1 Å². The largest absolute Gasteiger partial charge is 0.476 e. The second-order valence-electron chi connectivity index (χ2n) is 6.63. The summed E-state index contributed by atoms with van der Waals surface area (Å²) in [6.45, 7) is 0.522. The molecule has 9 heteroatoms. The lowest BCUT2D eigenvalue weighted by Crippen LogP contribution is -2.33. The Balaban J connectivity index is 1.50. The Labute approximate surface area is 176 Å². The average Bonchev–Trinajstić information content (AvgIpc) is 3.30. The van der Waals surface area contributed by atoms with Gasteiger partial charge < -0.3 is 15.1 Å². The summed E-state index contributed by atoms with van der Waals surface area (Å²) in [5.41, 5.74) is 0.870. The number of carbonyl (C=O) groups is 2. The fraction of sp³-hybridized carbons (Fsp3) is 0.350. The predicted octanol–water partition coefficient (Wildman–Crippen LogP) is 3.22. The van der Waals surface area contributed by atoms with Gasteiger partial charge in [0.15, 0.2) is 10.0 Å². The molecule has 1 aromatic carbocycles. The maximum atomic E-state index is 13.0. The van der Waals surface area contributed by atoms with Crippen molar-refractivity contribution in [2.24, 2.45) is 0 Å². The molecular formula is C20H21FN2O4S2. The number of amides is 1. The summed E-state index contributed by atoms with van der Waals surface area (Å²) in [6, 6.07) is 5.94. The highest BCUT2D eigenvalue weighted by molar-refractivity contribution is 8.01. The van der Waals surface area contributed by atoms with Gasteiger partial charge >= 0.3 is 5.97 Å². The molecule has 6 nitrogen and oxygen atoms in total. The van der Waals surface area contributed by atoms with Gasteiger partial charge in [-0.1, -0.05) is 36.0 Å². The molecule has 29 heavy (non-hydrogen) atoms. The van der Waals surface area contributed by atoms with Crippen LogP contribution in [0.2, 0.25) is 0 Å². The second-order valence-corrected chi connectivity index (χ2v) is 8.83. The van der Waals surface area contributed by atoms with E-state index in [1.54, 1.807) is 23.1 Å². The van der Waals surface area contributed by atoms with Crippen molar-refractivity contribution >= 4 is 35.0 Å². The van der Waals surface area contributed by atoms with Crippen molar-refractivity contribution in [1.29, 1.82) is 0 Å². The van der Waals surface area contributed by atoms with E-state index in [4.69, 9.17) is 5.11 Å². The van der Waals surface area contributed by atoms with Gasteiger partial charge in [-0.05, 0) is 24.1 Å². The summed E-state index contributed by atoms with van der Waals surface area (Å²) in [7, 11) is 0. The molecule has 0 radical (unpaired) electrons. The average molecular weight is 437 g/mol. The van der Waals surface area contributed by atoms with Crippen molar-refractivity contribution < 1.29 is 24.2 Å². The third-order valence-corrected chi connectivity index (χ3v) is 6.55. The molecule has 0 bridgehead atoms. The lowest BCUT2D eigenvalue weighted by atomic mass is 10.1. The van der Waals surface area contributed by atoms with Crippen LogP contribution in [0.1, 0.15) is 28.9 Å². The summed E-state index contributed by atoms with van der Waals surface area (Å²) in [5.74, 6) is -0.680. The summed E-state index contributed by atoms with van der Waals surface area (Å²) in [4.78, 5) is 28.9. The summed E-state index contributed by atoms with van der Waals surface area (Å²) in [5, 5.41) is 20.6. The highest BCUT2D eigenvalue weighted by Crippen LogP contribution is 2.25. The predicted molar refractivity (Wildman–Crippen MR) is 110 cm³/mol. The van der Waals surface area contributed by atoms with Crippen molar-refractivity contribution in [2.75, 3.05) is 12.3 Å². The van der Waals surface area contributed by atoms with Gasteiger partial charge in [0.1, 0.15) is 5.82 Å². The molecule has 1 aliphatic rings. The molecule has 2 aromatic rings. The number of thioether (sulfide) groups is 1. The zero-order valence-electron chi connectivity index (χ0n) is 15.5. The van der Waals surface area contributed by atoms with E-state index in [-0.39, 0.29) is 23.5 Å². The molecule has 1 fully saturated rings. The van der Waals surface area contributed by atoms with E-state index in [0.29, 0.717) is 35.9 Å². The molecule has 2 atom stereocenters. The van der Waals surface area contributed by atoms with Crippen LogP contribution in [0, 0.1) is 5.82 Å². The van der Waals surface area contributed by atoms with E-state index in [1.165, 1.54) is 40.6 Å². The number of benzene rings is 1. The van der Waals surface area contributed by atoms with Crippen molar-refractivity contribution in [3.8, 4) is 0 Å². The van der Waals surface area contributed by atoms with Crippen LogP contribution in [0.25, 0.3) is 0 Å². The lowest BCUT2D eigenvalue weighted by molar-refractivity contribution is -0.128. The van der Waals surface area contributed by atoms with E-state index < -0.39 is 12.1 Å². The zero-order chi connectivity index (χ0) is 20.8. The summed E-state index contributed by atoms with van der Waals surface area (Å²) < 4.78 is 13.6. The van der Waals surface area contributed by atoms with E-state index in [0.717, 1.165) is 5.56 Å². The number of rotatable bonds is 9. The number of carboxylic acids is 1. The molecule has 1 aromatic heterocycles. The number of carboxylic acid groups (broad SMARTS) is 1. The number of aromatic nitrogens is 1. The minimum Gasteiger partial charge on any atom is -0.476 e. The third-order valence-electron chi connectivity index (χ3n) is 4.55. The highest BCUT2D eigenvalue weighted by atomic mass is 32.2. The SMILES string of the molecule is O=C(O)c1csc(SCCN2C(=O)CC[C@@H]2/C=C/[C@@H](O)Cc2ccc(F)cc2)n1. The Morgan fingerprint density at radius 1 is 1.41 bits per heavy atom. The Kier molecular flexibility index (Phi) is 7.40. The van der Waals surface area contributed by atoms with Crippen LogP contribution < -0.4 is 0 Å². The van der Waals surface area contributed by atoms with Crippen LogP contribution >= 0.6 is 23.1 Å². The van der Waals surface area contributed by atoms with Gasteiger partial charge in [0.05, 0.1) is 12.1 Å². The molecule has 2 heterocycles. The molecule has 0 aliphatic carbocycles. The van der Waals surface area contributed by atoms with E-state index in [2.05, 4.69) is 4.98 Å². The molecule has 2 N–H and O–H groups in total. The lowest BCUT2D eigenvalue weighted by Gasteiger charge is -2.22. The Hall–Kier alpha value is -2.23. The van der Waals surface area contributed by atoms with Gasteiger partial charge in [0, 0.05) is 30.5 Å². The molecular weight excluding hydrogens is 415 g/mol. The van der Waals surface area contributed by atoms with Crippen LogP contribution in [0.3, 0.4) is 0 Å². The minimum absolute atomic E-state index is 0.0331. The number of hydrogen-bond donors (Lipinski definition) is 2. The van der Waals surface area contributed by atoms with Gasteiger partial charge in [0.2, 0.25) is 5.91 Å². The van der Waals surface area contributed by atoms with Crippen LogP contribution in [-0.4, -0.2) is 56.4 Å². The number of likely N-dealkylation sites (tertiary alicyclic amines) is 1. The number of aliphatic hydroxyl groups excluding tert-OH is 1. The first-order valence-electron chi connectivity index (χ1n) is 9.14. The highest BCUT2D eigenvalue weighted by Gasteiger charge is 2.28. The maximum Gasteiger partial charge on any atom is 0.355 e. The van der Waals surface area contributed by atoms with Gasteiger partial charge in [0.25, 0.3) is 0 Å². The number of halogens is 1. The monoisotopic (exact) mass is 436 g/mol. The molecule has 3 rings (SSSR count). The first kappa shape index (κ1) is 21.5. The molecule has 0 unspecified atom stereocenters. The third kappa shape index (κ3) is 6.12. The van der Waals surface area contributed by atoms with Gasteiger partial charge in [-0.25, -0.2) is 14.2 Å². The first-order valence-corrected chi connectivity index (χ1v) is 11.0. The van der Waals surface area contributed by atoms with Crippen molar-refractivity contribution in [1.82, 2.24) is 9.88 Å². The number of nitrogens with zero attached hydrogens (tertiary/aromatic N) is 2. The maximum absolute atomic E-state index is 13.0. The number of aromatic carboxylic acids is 1. The number of thiazole rings is 1. The first-order chi connectivity index (χ1) is 13.9. The molecule has 154 valence electrons. The van der Waals surface area contributed by atoms with Crippen molar-refractivity contribution in [3.05, 3.63) is 58.9 Å². The van der Waals surface area contributed by atoms with Crippen LogP contribution in [0.5, 0.6) is 0 Å². The number of hydrogen-bond acceptors (Lipinski definition) is 6. The molecule has 0 saturated carbocycles. The fourth-order valence-corrected chi connectivity index (χ4v) is 4.90. The van der Waals surface area contributed by atoms with Crippen LogP contribution in [0.15, 0.2) is 46.1 Å². The minimum atomic E-state index is -1.05. The standard InChI is InChI=1S/C20H21FN2O4S2/c21-14-3-1-13(2-4-14)11-16(24)7-5-15-6-8-18(25)23(15)9-10-28-20-22-17(12-29-20)19(26)27/h1-5,7,12,15-16,24H,6,8-11H2,(H,26,27)/b7-5+/t15-,16+/m0/s1. The quantitative estimate of drug-likeness (QED) is 0.463. The van der Waals surface area contributed by atoms with Crippen LogP contribution in [0.4, 0.5) is 4.39 Å². The van der Waals surface area contributed by atoms with Gasteiger partial charge in [-0.2, -0.15) is 0 Å². The van der Waals surface area contributed by atoms with Crippen LogP contribution in [-0.2, 0) is 11.2 Å². The molecule has 1 amide bonds. The Morgan fingerprint density at radius 2 is 2.17 bits per heavy atom.